The molecule has 0 saturated heterocycles. The van der Waals surface area contributed by atoms with Gasteiger partial charge in [-0.15, -0.1) is 5.10 Å². The molecule has 0 bridgehead atoms. The van der Waals surface area contributed by atoms with Crippen molar-refractivity contribution in [2.75, 3.05) is 0 Å². The second-order valence-corrected chi connectivity index (χ2v) is 6.33. The highest BCUT2D eigenvalue weighted by molar-refractivity contribution is 5.91. The third-order valence-corrected chi connectivity index (χ3v) is 4.50. The quantitative estimate of drug-likeness (QED) is 0.524. The molecule has 0 atom stereocenters. The molecule has 0 spiro atoms. The normalized spacial score (nSPS) is 11.6. The number of hydrogen-bond donors (Lipinski definition) is 1. The van der Waals surface area contributed by atoms with Gasteiger partial charge in [-0.3, -0.25) is 0 Å². The molecule has 0 fully saturated rings. The smallest absolute Gasteiger partial charge is 0.256 e. The molecule has 0 radical (unpaired) electrons. The Morgan fingerprint density at radius 1 is 1.11 bits per heavy atom. The summed E-state index contributed by atoms with van der Waals surface area (Å²) in [7, 11) is 0. The molecule has 0 aliphatic rings. The zero-order chi connectivity index (χ0) is 20.0. The molecule has 2 aromatic heterocycles. The largest absolute Gasteiger partial charge is 0.494 e. The van der Waals surface area contributed by atoms with Gasteiger partial charge in [0.2, 0.25) is 0 Å². The van der Waals surface area contributed by atoms with Gasteiger partial charge >= 0.3 is 0 Å². The lowest BCUT2D eigenvalue weighted by atomic mass is 10.1. The van der Waals surface area contributed by atoms with Crippen molar-refractivity contribution in [2.24, 2.45) is 0 Å². The Bertz CT molecular complexity index is 1180. The maximum absolute atomic E-state index is 14.1. The van der Waals surface area contributed by atoms with E-state index in [0.717, 1.165) is 16.7 Å². The molecule has 9 heteroatoms. The number of benzene rings is 2. The molecule has 2 heterocycles. The van der Waals surface area contributed by atoms with Crippen LogP contribution >= 0.6 is 0 Å². The monoisotopic (exact) mass is 390 g/mol. The second kappa shape index (κ2) is 6.66. The molecule has 5 nitrogen and oxygen atoms in total. The van der Waals surface area contributed by atoms with Crippen molar-refractivity contribution < 1.29 is 22.7 Å². The van der Waals surface area contributed by atoms with Crippen LogP contribution in [0.25, 0.3) is 27.7 Å². The summed E-state index contributed by atoms with van der Waals surface area (Å²) in [6.45, 7) is 1.07. The van der Waals surface area contributed by atoms with Crippen molar-refractivity contribution in [3.8, 4) is 22.8 Å². The van der Waals surface area contributed by atoms with E-state index in [9.17, 15) is 22.7 Å². The Hall–Kier alpha value is -3.36. The van der Waals surface area contributed by atoms with Crippen LogP contribution in [0.4, 0.5) is 17.6 Å². The summed E-state index contributed by atoms with van der Waals surface area (Å²) in [6, 6.07) is 8.09. The van der Waals surface area contributed by atoms with E-state index < -0.39 is 24.6 Å². The zero-order valence-electron chi connectivity index (χ0n) is 14.6. The number of rotatable bonds is 4. The summed E-state index contributed by atoms with van der Waals surface area (Å²) < 4.78 is 54.8. The molecule has 0 aliphatic heterocycles. The lowest BCUT2D eigenvalue weighted by molar-refractivity contribution is 0.123. The van der Waals surface area contributed by atoms with Crippen LogP contribution < -0.4 is 0 Å². The molecule has 0 amide bonds. The lowest BCUT2D eigenvalue weighted by Crippen LogP contribution is -2.04. The average Bonchev–Trinajstić information content (AvgIpc) is 3.15. The number of hydrogen-bond acceptors (Lipinski definition) is 3. The van der Waals surface area contributed by atoms with Gasteiger partial charge in [-0.2, -0.15) is 0 Å². The molecule has 0 unspecified atom stereocenters. The Kier molecular flexibility index (Phi) is 4.29. The maximum atomic E-state index is 14.1. The Morgan fingerprint density at radius 3 is 2.61 bits per heavy atom. The van der Waals surface area contributed by atoms with Gasteiger partial charge in [0.25, 0.3) is 6.43 Å². The van der Waals surface area contributed by atoms with E-state index in [1.165, 1.54) is 16.9 Å². The topological polar surface area (TPSA) is 55.9 Å². The Balaban J connectivity index is 1.77. The van der Waals surface area contributed by atoms with E-state index in [0.29, 0.717) is 27.7 Å². The molecule has 0 aliphatic carbocycles. The first-order valence-corrected chi connectivity index (χ1v) is 8.33. The third kappa shape index (κ3) is 2.98. The Morgan fingerprint density at radius 2 is 1.89 bits per heavy atom. The van der Waals surface area contributed by atoms with Gasteiger partial charge in [-0.05, 0) is 31.2 Å². The van der Waals surface area contributed by atoms with E-state index in [1.807, 2.05) is 0 Å². The number of halogens is 4. The second-order valence-electron chi connectivity index (χ2n) is 6.33. The summed E-state index contributed by atoms with van der Waals surface area (Å²) in [6.07, 6.45) is -1.17. The highest BCUT2D eigenvalue weighted by Gasteiger charge is 2.17. The van der Waals surface area contributed by atoms with Crippen LogP contribution in [0.5, 0.6) is 5.88 Å². The van der Waals surface area contributed by atoms with Crippen LogP contribution in [-0.2, 0) is 6.54 Å². The molecular weight excluding hydrogens is 376 g/mol. The first-order valence-electron chi connectivity index (χ1n) is 8.33. The fourth-order valence-electron chi connectivity index (χ4n) is 3.17. The fraction of sp³-hybridized carbons (Fsp3) is 0.158. The van der Waals surface area contributed by atoms with Gasteiger partial charge in [0, 0.05) is 28.6 Å². The molecule has 2 aromatic carbocycles. The number of fused-ring (bicyclic) bond motifs is 1. The standard InChI is InChI=1S/C19H14F4N4O/c1-10-18(24-25-27(10)16-5-3-13(20)7-15(16)21)11-2-4-14-12(6-11)8-26(19(14)28)9-17(22)23/h2-8,17,28H,9H2,1H3. The molecule has 4 rings (SSSR count). The van der Waals surface area contributed by atoms with Crippen molar-refractivity contribution in [3.63, 3.8) is 0 Å². The van der Waals surface area contributed by atoms with Crippen LogP contribution in [0.15, 0.2) is 42.6 Å². The van der Waals surface area contributed by atoms with Crippen molar-refractivity contribution >= 4 is 10.8 Å². The van der Waals surface area contributed by atoms with Crippen LogP contribution in [0.1, 0.15) is 5.69 Å². The molecule has 144 valence electrons. The fourth-order valence-corrected chi connectivity index (χ4v) is 3.17. The molecule has 28 heavy (non-hydrogen) atoms. The first kappa shape index (κ1) is 18.0. The minimum atomic E-state index is -2.60. The highest BCUT2D eigenvalue weighted by atomic mass is 19.3. The van der Waals surface area contributed by atoms with Crippen molar-refractivity contribution in [2.45, 2.75) is 19.9 Å². The van der Waals surface area contributed by atoms with Crippen LogP contribution in [-0.4, -0.2) is 31.1 Å². The van der Waals surface area contributed by atoms with E-state index in [1.54, 1.807) is 25.1 Å². The predicted molar refractivity (Wildman–Crippen MR) is 94.6 cm³/mol. The highest BCUT2D eigenvalue weighted by Crippen LogP contribution is 2.32. The van der Waals surface area contributed by atoms with Gasteiger partial charge in [-0.25, -0.2) is 22.2 Å². The van der Waals surface area contributed by atoms with E-state index in [2.05, 4.69) is 10.3 Å². The van der Waals surface area contributed by atoms with Crippen molar-refractivity contribution in [3.05, 3.63) is 59.9 Å². The molecular formula is C19H14F4N4O. The Labute approximate surface area is 156 Å². The minimum absolute atomic E-state index is 0.0551. The summed E-state index contributed by atoms with van der Waals surface area (Å²) in [5.74, 6) is -1.71. The summed E-state index contributed by atoms with van der Waals surface area (Å²) in [5.41, 5.74) is 1.64. The number of nitrogens with zero attached hydrogens (tertiary/aromatic N) is 4. The van der Waals surface area contributed by atoms with Crippen molar-refractivity contribution in [1.82, 2.24) is 19.6 Å². The van der Waals surface area contributed by atoms with E-state index in [-0.39, 0.29) is 11.6 Å². The SMILES string of the molecule is Cc1c(-c2ccc3c(O)n(CC(F)F)cc3c2)nnn1-c1ccc(F)cc1F. The van der Waals surface area contributed by atoms with Gasteiger partial charge < -0.3 is 9.67 Å². The molecule has 0 saturated carbocycles. The predicted octanol–water partition coefficient (Wildman–Crippen LogP) is 4.45. The summed E-state index contributed by atoms with van der Waals surface area (Å²) in [4.78, 5) is 0. The van der Waals surface area contributed by atoms with Gasteiger partial charge in [-0.1, -0.05) is 11.3 Å². The van der Waals surface area contributed by atoms with Gasteiger partial charge in [0.05, 0.1) is 12.2 Å². The minimum Gasteiger partial charge on any atom is -0.494 e. The summed E-state index contributed by atoms with van der Waals surface area (Å²) in [5, 5.41) is 19.1. The molecule has 4 aromatic rings. The van der Waals surface area contributed by atoms with Crippen molar-refractivity contribution in [1.29, 1.82) is 0 Å². The molecule has 1 N–H and O–H groups in total. The van der Waals surface area contributed by atoms with Gasteiger partial charge in [0.1, 0.15) is 17.2 Å². The van der Waals surface area contributed by atoms with E-state index in [4.69, 9.17) is 0 Å². The van der Waals surface area contributed by atoms with E-state index >= 15 is 0 Å². The lowest BCUT2D eigenvalue weighted by Gasteiger charge is -2.05. The number of aromatic hydroxyl groups is 1. The third-order valence-electron chi connectivity index (χ3n) is 4.50. The van der Waals surface area contributed by atoms with Crippen LogP contribution in [0, 0.1) is 18.6 Å². The maximum Gasteiger partial charge on any atom is 0.256 e. The van der Waals surface area contributed by atoms with Crippen LogP contribution in [0.3, 0.4) is 0 Å². The van der Waals surface area contributed by atoms with Crippen LogP contribution in [0.2, 0.25) is 0 Å². The van der Waals surface area contributed by atoms with Gasteiger partial charge in [0.15, 0.2) is 11.7 Å². The first-order chi connectivity index (χ1) is 13.3. The summed E-state index contributed by atoms with van der Waals surface area (Å²) >= 11 is 0. The number of aromatic nitrogens is 4. The average molecular weight is 390 g/mol. The number of alkyl halides is 2. The zero-order valence-corrected chi connectivity index (χ0v) is 14.6.